The van der Waals surface area contributed by atoms with Gasteiger partial charge in [0, 0.05) is 24.2 Å². The molecule has 7 heteroatoms. The summed E-state index contributed by atoms with van der Waals surface area (Å²) in [4.78, 5) is 24.3. The Morgan fingerprint density at radius 2 is 2.36 bits per heavy atom. The molecule has 4 rings (SSSR count). The molecule has 2 bridgehead atoms. The Labute approximate surface area is 132 Å². The summed E-state index contributed by atoms with van der Waals surface area (Å²) >= 11 is 1.22. The third kappa shape index (κ3) is 2.03. The molecule has 0 N–H and O–H groups in total. The highest BCUT2D eigenvalue weighted by Gasteiger charge is 2.44. The second-order valence-corrected chi connectivity index (χ2v) is 6.64. The Kier molecular flexibility index (Phi) is 3.37. The number of aryl methyl sites for hydroxylation is 1. The van der Waals surface area contributed by atoms with Crippen LogP contribution in [0.15, 0.2) is 12.5 Å². The summed E-state index contributed by atoms with van der Waals surface area (Å²) in [6.07, 6.45) is 8.09. The van der Waals surface area contributed by atoms with Gasteiger partial charge >= 0.3 is 0 Å². The van der Waals surface area contributed by atoms with Gasteiger partial charge in [0.2, 0.25) is 0 Å². The van der Waals surface area contributed by atoms with Crippen LogP contribution >= 0.6 is 11.5 Å². The van der Waals surface area contributed by atoms with E-state index in [1.807, 2.05) is 11.1 Å². The van der Waals surface area contributed by atoms with Gasteiger partial charge in [-0.2, -0.15) is 0 Å². The van der Waals surface area contributed by atoms with Gasteiger partial charge in [0.15, 0.2) is 0 Å². The predicted octanol–water partition coefficient (Wildman–Crippen LogP) is 2.18. The lowest BCUT2D eigenvalue weighted by Gasteiger charge is -2.35. The summed E-state index contributed by atoms with van der Waals surface area (Å²) in [6.45, 7) is 2.09. The van der Waals surface area contributed by atoms with Crippen LogP contribution in [-0.2, 0) is 12.8 Å². The Balaban J connectivity index is 1.69. The number of carbonyl (C=O) groups is 1. The number of nitrogens with zero attached hydrogens (tertiary/aromatic N) is 5. The van der Waals surface area contributed by atoms with Crippen molar-refractivity contribution in [2.24, 2.45) is 0 Å². The number of rotatable bonds is 3. The average Bonchev–Trinajstić information content (AvgIpc) is 3.11. The van der Waals surface area contributed by atoms with Crippen molar-refractivity contribution in [3.8, 4) is 0 Å². The summed E-state index contributed by atoms with van der Waals surface area (Å²) in [5.41, 5.74) is 3.05. The van der Waals surface area contributed by atoms with Gasteiger partial charge in [-0.15, -0.1) is 5.10 Å². The summed E-state index contributed by atoms with van der Waals surface area (Å²) < 4.78 is 3.99. The molecule has 0 saturated carbocycles. The highest BCUT2D eigenvalue weighted by atomic mass is 32.1. The fraction of sp³-hybridized carbons (Fsp3) is 0.533. The quantitative estimate of drug-likeness (QED) is 0.868. The van der Waals surface area contributed by atoms with Crippen molar-refractivity contribution in [3.63, 3.8) is 0 Å². The minimum atomic E-state index is 0.0838. The lowest BCUT2D eigenvalue weighted by Crippen LogP contribution is -2.42. The van der Waals surface area contributed by atoms with Crippen molar-refractivity contribution in [3.05, 3.63) is 34.4 Å². The molecule has 2 aliphatic heterocycles. The monoisotopic (exact) mass is 315 g/mol. The zero-order valence-electron chi connectivity index (χ0n) is 12.4. The van der Waals surface area contributed by atoms with Crippen LogP contribution in [0.5, 0.6) is 0 Å². The van der Waals surface area contributed by atoms with Crippen molar-refractivity contribution in [1.82, 2.24) is 24.5 Å². The molecule has 1 saturated heterocycles. The molecular weight excluding hydrogens is 298 g/mol. The van der Waals surface area contributed by atoms with Gasteiger partial charge in [0.05, 0.1) is 17.4 Å². The molecule has 2 aromatic rings. The molecule has 1 amide bonds. The second-order valence-electron chi connectivity index (χ2n) is 5.89. The van der Waals surface area contributed by atoms with Crippen LogP contribution in [0.25, 0.3) is 0 Å². The van der Waals surface area contributed by atoms with Crippen LogP contribution in [0.1, 0.15) is 58.9 Å². The van der Waals surface area contributed by atoms with E-state index in [1.54, 1.807) is 6.33 Å². The van der Waals surface area contributed by atoms with Crippen molar-refractivity contribution >= 4 is 17.4 Å². The molecule has 2 atom stereocenters. The van der Waals surface area contributed by atoms with Crippen molar-refractivity contribution in [1.29, 1.82) is 0 Å². The fourth-order valence-electron chi connectivity index (χ4n) is 3.62. The molecular formula is C15H17N5OS. The fourth-order valence-corrected chi connectivity index (χ4v) is 4.28. The van der Waals surface area contributed by atoms with E-state index < -0.39 is 0 Å². The SMILES string of the molecule is CCCc1nnsc1C(=O)N1C2CCC1c1cncnc1C2. The van der Waals surface area contributed by atoms with Crippen LogP contribution in [0, 0.1) is 0 Å². The largest absolute Gasteiger partial charge is 0.327 e. The van der Waals surface area contributed by atoms with Crippen LogP contribution < -0.4 is 0 Å². The van der Waals surface area contributed by atoms with E-state index in [4.69, 9.17) is 0 Å². The van der Waals surface area contributed by atoms with E-state index in [0.29, 0.717) is 4.88 Å². The predicted molar refractivity (Wildman–Crippen MR) is 81.6 cm³/mol. The average molecular weight is 315 g/mol. The zero-order chi connectivity index (χ0) is 15.1. The van der Waals surface area contributed by atoms with Crippen LogP contribution in [0.3, 0.4) is 0 Å². The van der Waals surface area contributed by atoms with Crippen molar-refractivity contribution < 1.29 is 4.79 Å². The van der Waals surface area contributed by atoms with Crippen LogP contribution in [0.2, 0.25) is 0 Å². The topological polar surface area (TPSA) is 71.9 Å². The first-order chi connectivity index (χ1) is 10.8. The Bertz CT molecular complexity index is 715. The first kappa shape index (κ1) is 13.8. The molecule has 2 aromatic heterocycles. The van der Waals surface area contributed by atoms with Gasteiger partial charge in [-0.25, -0.2) is 9.97 Å². The van der Waals surface area contributed by atoms with Gasteiger partial charge in [0.1, 0.15) is 11.2 Å². The number of aromatic nitrogens is 4. The highest BCUT2D eigenvalue weighted by molar-refractivity contribution is 7.08. The summed E-state index contributed by atoms with van der Waals surface area (Å²) in [5.74, 6) is 0.0838. The van der Waals surface area contributed by atoms with Gasteiger partial charge < -0.3 is 4.90 Å². The van der Waals surface area contributed by atoms with Crippen LogP contribution in [-0.4, -0.2) is 36.4 Å². The van der Waals surface area contributed by atoms with Crippen LogP contribution in [0.4, 0.5) is 0 Å². The third-order valence-corrected chi connectivity index (χ3v) is 5.34. The zero-order valence-corrected chi connectivity index (χ0v) is 13.2. The number of amides is 1. The molecule has 114 valence electrons. The number of fused-ring (bicyclic) bond motifs is 4. The maximum Gasteiger partial charge on any atom is 0.268 e. The summed E-state index contributed by atoms with van der Waals surface area (Å²) in [7, 11) is 0. The molecule has 1 fully saturated rings. The molecule has 22 heavy (non-hydrogen) atoms. The van der Waals surface area contributed by atoms with Gasteiger partial charge in [-0.1, -0.05) is 17.8 Å². The van der Waals surface area contributed by atoms with E-state index in [9.17, 15) is 4.79 Å². The smallest absolute Gasteiger partial charge is 0.268 e. The molecule has 2 aliphatic rings. The number of carbonyl (C=O) groups excluding carboxylic acids is 1. The second kappa shape index (κ2) is 5.39. The lowest BCUT2D eigenvalue weighted by atomic mass is 9.99. The van der Waals surface area contributed by atoms with E-state index in [1.165, 1.54) is 11.5 Å². The molecule has 2 unspecified atom stereocenters. The normalized spacial score (nSPS) is 22.7. The minimum absolute atomic E-state index is 0.0838. The van der Waals surface area contributed by atoms with Crippen molar-refractivity contribution in [2.75, 3.05) is 0 Å². The van der Waals surface area contributed by atoms with E-state index in [0.717, 1.165) is 49.1 Å². The summed E-state index contributed by atoms with van der Waals surface area (Å²) in [5, 5.41) is 4.13. The molecule has 4 heterocycles. The standard InChI is InChI=1S/C15H17N5OS/c1-2-3-11-14(22-19-18-11)15(21)20-9-4-5-13(20)10-7-16-8-17-12(10)6-9/h7-9,13H,2-6H2,1H3. The van der Waals surface area contributed by atoms with Crippen molar-refractivity contribution in [2.45, 2.75) is 51.1 Å². The Hall–Kier alpha value is -1.89. The maximum absolute atomic E-state index is 13.0. The van der Waals surface area contributed by atoms with E-state index in [2.05, 4.69) is 26.5 Å². The molecule has 0 radical (unpaired) electrons. The number of hydrogen-bond donors (Lipinski definition) is 0. The van der Waals surface area contributed by atoms with E-state index in [-0.39, 0.29) is 18.0 Å². The van der Waals surface area contributed by atoms with E-state index >= 15 is 0 Å². The molecule has 0 aromatic carbocycles. The van der Waals surface area contributed by atoms with Gasteiger partial charge in [0.25, 0.3) is 5.91 Å². The maximum atomic E-state index is 13.0. The van der Waals surface area contributed by atoms with Gasteiger partial charge in [-0.3, -0.25) is 4.79 Å². The third-order valence-electron chi connectivity index (χ3n) is 4.59. The first-order valence-corrected chi connectivity index (χ1v) is 8.49. The number of hydrogen-bond acceptors (Lipinski definition) is 6. The molecule has 0 spiro atoms. The molecule has 0 aliphatic carbocycles. The van der Waals surface area contributed by atoms with Gasteiger partial charge in [-0.05, 0) is 30.8 Å². The first-order valence-electron chi connectivity index (χ1n) is 7.72. The minimum Gasteiger partial charge on any atom is -0.327 e. The summed E-state index contributed by atoms with van der Waals surface area (Å²) in [6, 6.07) is 0.357. The molecule has 6 nitrogen and oxygen atoms in total. The highest BCUT2D eigenvalue weighted by Crippen LogP contribution is 2.43. The Morgan fingerprint density at radius 3 is 3.23 bits per heavy atom. The lowest BCUT2D eigenvalue weighted by molar-refractivity contribution is 0.0647. The Morgan fingerprint density at radius 1 is 1.45 bits per heavy atom.